The number of carboxylic acids is 3. The summed E-state index contributed by atoms with van der Waals surface area (Å²) in [6, 6.07) is 23.3. The number of aromatic nitrogens is 3. The van der Waals surface area contributed by atoms with Crippen LogP contribution in [0.4, 0.5) is 0 Å². The second-order valence-corrected chi connectivity index (χ2v) is 14.8. The zero-order chi connectivity index (χ0) is 44.5. The Balaban J connectivity index is 1.09. The topological polar surface area (TPSA) is 247 Å². The molecule has 63 heavy (non-hydrogen) atoms. The number of carbonyl (C=O) groups excluding carboxylic acids is 3. The standard InChI is InChI=1S/C48H42N6O9/c55-43(52-40(46(58)59)22-31-25-49-37-10-4-1-7-34(31)37)16-13-28-19-29(14-17-44(56)53-41(47(60)61)23-32-26-50-38-11-5-2-8-35(32)38)21-30(20-28)15-18-45(57)54-42(48(62)63)24-33-27-51-39-12-6-3-9-36(33)39/h1-21,25-27,40-42,49-51H,22-24H2,(H,52,55)(H,53,56)(H,54,57)(H,58,59)(H,60,61)(H,62,63)/b16-13-,17-14+,18-15+/t40-,41-,42-/m0/s1. The van der Waals surface area contributed by atoms with Crippen molar-refractivity contribution < 1.29 is 44.1 Å². The number of H-pyrrole nitrogens is 3. The minimum Gasteiger partial charge on any atom is -0.480 e. The van der Waals surface area contributed by atoms with Gasteiger partial charge in [-0.3, -0.25) is 14.4 Å². The van der Waals surface area contributed by atoms with E-state index in [1.54, 1.807) is 36.8 Å². The molecule has 0 radical (unpaired) electrons. The molecule has 9 N–H and O–H groups in total. The van der Waals surface area contributed by atoms with Gasteiger partial charge in [0.1, 0.15) is 18.1 Å². The lowest BCUT2D eigenvalue weighted by Gasteiger charge is -2.13. The molecule has 0 aliphatic carbocycles. The van der Waals surface area contributed by atoms with Crippen LogP contribution in [0.2, 0.25) is 0 Å². The Morgan fingerprint density at radius 2 is 0.714 bits per heavy atom. The summed E-state index contributed by atoms with van der Waals surface area (Å²) in [6.07, 6.45) is 12.9. The van der Waals surface area contributed by atoms with Crippen molar-refractivity contribution in [2.75, 3.05) is 0 Å². The molecule has 0 saturated carbocycles. The van der Waals surface area contributed by atoms with Crippen molar-refractivity contribution in [3.05, 3.63) is 161 Å². The number of benzene rings is 4. The average Bonchev–Trinajstić information content (AvgIpc) is 4.00. The van der Waals surface area contributed by atoms with Gasteiger partial charge in [0, 0.05) is 88.8 Å². The van der Waals surface area contributed by atoms with Crippen molar-refractivity contribution >= 4 is 86.6 Å². The molecule has 0 aliphatic rings. The molecular formula is C48H42N6O9. The van der Waals surface area contributed by atoms with E-state index in [9.17, 15) is 44.1 Å². The van der Waals surface area contributed by atoms with E-state index in [-0.39, 0.29) is 19.3 Å². The van der Waals surface area contributed by atoms with E-state index >= 15 is 0 Å². The Hall–Kier alpha value is -8.46. The number of hydrogen-bond acceptors (Lipinski definition) is 6. The number of nitrogens with one attached hydrogen (secondary N) is 6. The van der Waals surface area contributed by atoms with Crippen LogP contribution in [0, 0.1) is 0 Å². The van der Waals surface area contributed by atoms with Gasteiger partial charge in [0.15, 0.2) is 0 Å². The van der Waals surface area contributed by atoms with Gasteiger partial charge < -0.3 is 46.2 Å². The van der Waals surface area contributed by atoms with Gasteiger partial charge in [0.05, 0.1) is 0 Å². The molecule has 7 aromatic rings. The Bertz CT molecular complexity index is 2630. The summed E-state index contributed by atoms with van der Waals surface area (Å²) in [5.74, 6) is -5.75. The number of amides is 3. The van der Waals surface area contributed by atoms with Crippen molar-refractivity contribution in [2.24, 2.45) is 0 Å². The summed E-state index contributed by atoms with van der Waals surface area (Å²) in [5, 5.41) is 39.9. The molecule has 0 aliphatic heterocycles. The summed E-state index contributed by atoms with van der Waals surface area (Å²) < 4.78 is 0. The molecule has 15 heteroatoms. The fourth-order valence-electron chi connectivity index (χ4n) is 7.33. The second-order valence-electron chi connectivity index (χ2n) is 14.8. The number of fused-ring (bicyclic) bond motifs is 3. The molecule has 4 aromatic carbocycles. The molecule has 3 atom stereocenters. The normalized spacial score (nSPS) is 13.1. The Morgan fingerprint density at radius 1 is 0.444 bits per heavy atom. The molecule has 318 valence electrons. The molecule has 3 heterocycles. The first-order valence-corrected chi connectivity index (χ1v) is 19.8. The fraction of sp³-hybridized carbons (Fsp3) is 0.125. The second kappa shape index (κ2) is 19.3. The Labute approximate surface area is 359 Å². The zero-order valence-electron chi connectivity index (χ0n) is 33.5. The quantitative estimate of drug-likeness (QED) is 0.0487. The van der Waals surface area contributed by atoms with Crippen molar-refractivity contribution in [3.63, 3.8) is 0 Å². The van der Waals surface area contributed by atoms with Crippen LogP contribution in [-0.4, -0.2) is 84.0 Å². The maximum Gasteiger partial charge on any atom is 0.326 e. The third-order valence-electron chi connectivity index (χ3n) is 10.4. The fourth-order valence-corrected chi connectivity index (χ4v) is 7.33. The van der Waals surface area contributed by atoms with Gasteiger partial charge in [-0.2, -0.15) is 0 Å². The number of para-hydroxylation sites is 3. The summed E-state index contributed by atoms with van der Waals surface area (Å²) in [7, 11) is 0. The molecule has 0 saturated heterocycles. The van der Waals surface area contributed by atoms with Crippen molar-refractivity contribution in [3.8, 4) is 0 Å². The lowest BCUT2D eigenvalue weighted by Crippen LogP contribution is -2.41. The molecule has 0 spiro atoms. The van der Waals surface area contributed by atoms with Crippen LogP contribution < -0.4 is 16.0 Å². The number of hydrogen-bond donors (Lipinski definition) is 9. The van der Waals surface area contributed by atoms with Crippen LogP contribution >= 0.6 is 0 Å². The maximum absolute atomic E-state index is 13.1. The van der Waals surface area contributed by atoms with E-state index in [4.69, 9.17) is 0 Å². The smallest absolute Gasteiger partial charge is 0.326 e. The predicted molar refractivity (Wildman–Crippen MR) is 238 cm³/mol. The van der Waals surface area contributed by atoms with E-state index in [0.717, 1.165) is 50.9 Å². The van der Waals surface area contributed by atoms with Gasteiger partial charge in [0.25, 0.3) is 0 Å². The summed E-state index contributed by atoms with van der Waals surface area (Å²) >= 11 is 0. The average molecular weight is 847 g/mol. The first-order chi connectivity index (χ1) is 30.4. The summed E-state index contributed by atoms with van der Waals surface area (Å²) in [5.41, 5.74) is 5.89. The number of aromatic amines is 3. The highest BCUT2D eigenvalue weighted by Gasteiger charge is 2.23. The zero-order valence-corrected chi connectivity index (χ0v) is 33.5. The van der Waals surface area contributed by atoms with Crippen molar-refractivity contribution in [1.82, 2.24) is 30.9 Å². The Kier molecular flexibility index (Phi) is 13.1. The third-order valence-corrected chi connectivity index (χ3v) is 10.4. The predicted octanol–water partition coefficient (Wildman–Crippen LogP) is 5.61. The SMILES string of the molecule is O=C(/C=C\c1cc(/C=C/C(=O)N[C@@H](Cc2c[nH]c3ccccc23)C(=O)O)cc(/C=C/C(=O)N[C@@H](Cc2c[nH]c3ccccc23)C(=O)O)c1)N[C@@H](Cc1c[nH]c2ccccc12)C(=O)O. The highest BCUT2D eigenvalue weighted by Crippen LogP contribution is 2.22. The molecule has 0 unspecified atom stereocenters. The van der Waals surface area contributed by atoms with Gasteiger partial charge in [-0.05, 0) is 88.0 Å². The van der Waals surface area contributed by atoms with Gasteiger partial charge in [-0.25, -0.2) is 14.4 Å². The minimum absolute atomic E-state index is 0.0211. The maximum atomic E-state index is 13.1. The molecular weight excluding hydrogens is 805 g/mol. The number of carboxylic acid groups (broad SMARTS) is 3. The highest BCUT2D eigenvalue weighted by atomic mass is 16.4. The molecule has 0 bridgehead atoms. The van der Waals surface area contributed by atoms with E-state index in [2.05, 4.69) is 30.9 Å². The van der Waals surface area contributed by atoms with Gasteiger partial charge >= 0.3 is 17.9 Å². The van der Waals surface area contributed by atoms with E-state index < -0.39 is 53.8 Å². The van der Waals surface area contributed by atoms with Crippen LogP contribution in [0.25, 0.3) is 50.9 Å². The van der Waals surface area contributed by atoms with Crippen molar-refractivity contribution in [1.29, 1.82) is 0 Å². The molecule has 7 rings (SSSR count). The molecule has 3 amide bonds. The lowest BCUT2D eigenvalue weighted by molar-refractivity contribution is -0.141. The minimum atomic E-state index is -1.25. The van der Waals surface area contributed by atoms with Crippen LogP contribution in [0.1, 0.15) is 33.4 Å². The first kappa shape index (κ1) is 42.7. The van der Waals surface area contributed by atoms with Crippen LogP contribution in [0.15, 0.2) is 128 Å². The Morgan fingerprint density at radius 3 is 0.984 bits per heavy atom. The number of aliphatic carboxylic acids is 3. The molecule has 15 nitrogen and oxygen atoms in total. The van der Waals surface area contributed by atoms with E-state index in [0.29, 0.717) is 33.4 Å². The van der Waals surface area contributed by atoms with Crippen LogP contribution in [-0.2, 0) is 48.0 Å². The highest BCUT2D eigenvalue weighted by molar-refractivity contribution is 5.98. The van der Waals surface area contributed by atoms with Gasteiger partial charge in [0.2, 0.25) is 17.7 Å². The molecule has 3 aromatic heterocycles. The molecule has 0 fully saturated rings. The third kappa shape index (κ3) is 10.8. The summed E-state index contributed by atoms with van der Waals surface area (Å²) in [6.45, 7) is 0. The summed E-state index contributed by atoms with van der Waals surface area (Å²) in [4.78, 5) is 85.2. The van der Waals surface area contributed by atoms with Crippen molar-refractivity contribution in [2.45, 2.75) is 37.4 Å². The van der Waals surface area contributed by atoms with Crippen LogP contribution in [0.5, 0.6) is 0 Å². The van der Waals surface area contributed by atoms with Gasteiger partial charge in [-0.1, -0.05) is 54.6 Å². The van der Waals surface area contributed by atoms with E-state index in [1.807, 2.05) is 72.8 Å². The monoisotopic (exact) mass is 846 g/mol. The van der Waals surface area contributed by atoms with Gasteiger partial charge in [-0.15, -0.1) is 0 Å². The first-order valence-electron chi connectivity index (χ1n) is 19.8. The largest absolute Gasteiger partial charge is 0.480 e. The lowest BCUT2D eigenvalue weighted by atomic mass is 10.0. The van der Waals surface area contributed by atoms with Crippen LogP contribution in [0.3, 0.4) is 0 Å². The number of carbonyl (C=O) groups is 6. The number of rotatable bonds is 18. The van der Waals surface area contributed by atoms with E-state index in [1.165, 1.54) is 18.2 Å².